The summed E-state index contributed by atoms with van der Waals surface area (Å²) in [5, 5.41) is 8.91. The van der Waals surface area contributed by atoms with Crippen LogP contribution in [0.3, 0.4) is 0 Å². The smallest absolute Gasteiger partial charge is 0.303 e. The van der Waals surface area contributed by atoms with E-state index in [2.05, 4.69) is 23.8 Å². The molecule has 0 aliphatic carbocycles. The maximum Gasteiger partial charge on any atom is 0.303 e. The SMILES string of the molecule is CC(CC(=O)O)C1CCCN(C2CCN(C)C2)C1. The van der Waals surface area contributed by atoms with Crippen molar-refractivity contribution in [3.8, 4) is 0 Å². The number of piperidine rings is 1. The molecular weight excluding hydrogens is 228 g/mol. The summed E-state index contributed by atoms with van der Waals surface area (Å²) in [4.78, 5) is 15.8. The van der Waals surface area contributed by atoms with Gasteiger partial charge < -0.3 is 10.0 Å². The fourth-order valence-electron chi connectivity index (χ4n) is 3.49. The van der Waals surface area contributed by atoms with Gasteiger partial charge in [-0.3, -0.25) is 9.69 Å². The van der Waals surface area contributed by atoms with Gasteiger partial charge in [0.2, 0.25) is 0 Å². The third-order valence-electron chi connectivity index (χ3n) is 4.67. The molecule has 18 heavy (non-hydrogen) atoms. The minimum Gasteiger partial charge on any atom is -0.481 e. The van der Waals surface area contributed by atoms with E-state index >= 15 is 0 Å². The van der Waals surface area contributed by atoms with Crippen molar-refractivity contribution in [1.82, 2.24) is 9.80 Å². The van der Waals surface area contributed by atoms with E-state index in [0.29, 0.717) is 24.3 Å². The first-order valence-corrected chi connectivity index (χ1v) is 7.20. The van der Waals surface area contributed by atoms with Crippen LogP contribution in [0.2, 0.25) is 0 Å². The van der Waals surface area contributed by atoms with Crippen molar-refractivity contribution in [3.05, 3.63) is 0 Å². The summed E-state index contributed by atoms with van der Waals surface area (Å²) < 4.78 is 0. The Hall–Kier alpha value is -0.610. The largest absolute Gasteiger partial charge is 0.481 e. The summed E-state index contributed by atoms with van der Waals surface area (Å²) in [6.07, 6.45) is 4.03. The van der Waals surface area contributed by atoms with Crippen molar-refractivity contribution in [2.75, 3.05) is 33.2 Å². The monoisotopic (exact) mass is 254 g/mol. The maximum absolute atomic E-state index is 10.8. The molecule has 2 fully saturated rings. The molecule has 2 rings (SSSR count). The number of hydrogen-bond acceptors (Lipinski definition) is 3. The van der Waals surface area contributed by atoms with Crippen LogP contribution in [-0.4, -0.2) is 60.1 Å². The highest BCUT2D eigenvalue weighted by Crippen LogP contribution is 2.28. The molecule has 3 unspecified atom stereocenters. The Labute approximate surface area is 110 Å². The van der Waals surface area contributed by atoms with Crippen molar-refractivity contribution in [2.24, 2.45) is 11.8 Å². The fraction of sp³-hybridized carbons (Fsp3) is 0.929. The Morgan fingerprint density at radius 3 is 2.72 bits per heavy atom. The summed E-state index contributed by atoms with van der Waals surface area (Å²) >= 11 is 0. The van der Waals surface area contributed by atoms with Crippen LogP contribution < -0.4 is 0 Å². The number of likely N-dealkylation sites (tertiary alicyclic amines) is 2. The summed E-state index contributed by atoms with van der Waals surface area (Å²) in [6, 6.07) is 0.704. The second-order valence-corrected chi connectivity index (χ2v) is 6.18. The summed E-state index contributed by atoms with van der Waals surface area (Å²) in [6.45, 7) is 6.79. The van der Waals surface area contributed by atoms with Crippen molar-refractivity contribution in [2.45, 2.75) is 38.6 Å². The molecule has 2 saturated heterocycles. The van der Waals surface area contributed by atoms with Crippen molar-refractivity contribution < 1.29 is 9.90 Å². The molecule has 4 heteroatoms. The lowest BCUT2D eigenvalue weighted by Gasteiger charge is -2.38. The van der Waals surface area contributed by atoms with Gasteiger partial charge in [0, 0.05) is 25.6 Å². The average Bonchev–Trinajstić information content (AvgIpc) is 2.75. The van der Waals surface area contributed by atoms with E-state index in [1.165, 1.54) is 38.9 Å². The fourth-order valence-corrected chi connectivity index (χ4v) is 3.49. The molecule has 0 aromatic carbocycles. The first kappa shape index (κ1) is 13.8. The molecule has 4 nitrogen and oxygen atoms in total. The van der Waals surface area contributed by atoms with Gasteiger partial charge in [-0.05, 0) is 51.2 Å². The van der Waals surface area contributed by atoms with Gasteiger partial charge in [0.25, 0.3) is 0 Å². The Morgan fingerprint density at radius 2 is 2.11 bits per heavy atom. The van der Waals surface area contributed by atoms with Gasteiger partial charge in [0.15, 0.2) is 0 Å². The molecular formula is C14H26N2O2. The molecule has 0 bridgehead atoms. The molecule has 2 aliphatic heterocycles. The average molecular weight is 254 g/mol. The molecule has 0 amide bonds. The van der Waals surface area contributed by atoms with Gasteiger partial charge in [-0.1, -0.05) is 6.92 Å². The number of carboxylic acids is 1. The number of hydrogen-bond donors (Lipinski definition) is 1. The summed E-state index contributed by atoms with van der Waals surface area (Å²) in [7, 11) is 2.19. The molecule has 104 valence electrons. The third-order valence-corrected chi connectivity index (χ3v) is 4.67. The third kappa shape index (κ3) is 3.45. The van der Waals surface area contributed by atoms with Gasteiger partial charge in [0.05, 0.1) is 0 Å². The highest BCUT2D eigenvalue weighted by Gasteiger charge is 2.32. The highest BCUT2D eigenvalue weighted by atomic mass is 16.4. The van der Waals surface area contributed by atoms with Crippen molar-refractivity contribution in [3.63, 3.8) is 0 Å². The minimum absolute atomic E-state index is 0.310. The Kier molecular flexibility index (Phi) is 4.62. The maximum atomic E-state index is 10.8. The van der Waals surface area contributed by atoms with Gasteiger partial charge >= 0.3 is 5.97 Å². The predicted molar refractivity (Wildman–Crippen MR) is 71.6 cm³/mol. The predicted octanol–water partition coefficient (Wildman–Crippen LogP) is 1.51. The standard InChI is InChI=1S/C14H26N2O2/c1-11(8-14(17)18)12-4-3-6-16(9-12)13-5-7-15(2)10-13/h11-13H,3-10H2,1-2H3,(H,17,18). The van der Waals surface area contributed by atoms with E-state index in [1.54, 1.807) is 0 Å². The van der Waals surface area contributed by atoms with Gasteiger partial charge in [-0.2, -0.15) is 0 Å². The first-order chi connectivity index (χ1) is 8.56. The van der Waals surface area contributed by atoms with Crippen LogP contribution in [0.1, 0.15) is 32.6 Å². The first-order valence-electron chi connectivity index (χ1n) is 7.20. The number of carboxylic acid groups (broad SMARTS) is 1. The lowest BCUT2D eigenvalue weighted by atomic mass is 9.84. The van der Waals surface area contributed by atoms with Crippen LogP contribution in [0.4, 0.5) is 0 Å². The Morgan fingerprint density at radius 1 is 1.33 bits per heavy atom. The van der Waals surface area contributed by atoms with E-state index < -0.39 is 5.97 Å². The second kappa shape index (κ2) is 6.02. The topological polar surface area (TPSA) is 43.8 Å². The number of nitrogens with zero attached hydrogens (tertiary/aromatic N) is 2. The van der Waals surface area contributed by atoms with Crippen LogP contribution in [0.15, 0.2) is 0 Å². The van der Waals surface area contributed by atoms with Crippen LogP contribution in [0, 0.1) is 11.8 Å². The highest BCUT2D eigenvalue weighted by molar-refractivity contribution is 5.67. The molecule has 2 heterocycles. The molecule has 0 radical (unpaired) electrons. The summed E-state index contributed by atoms with van der Waals surface area (Å²) in [5.74, 6) is 0.227. The number of aliphatic carboxylic acids is 1. The minimum atomic E-state index is -0.653. The molecule has 1 N–H and O–H groups in total. The van der Waals surface area contributed by atoms with Crippen molar-refractivity contribution in [1.29, 1.82) is 0 Å². The molecule has 0 aromatic rings. The quantitative estimate of drug-likeness (QED) is 0.826. The number of carbonyl (C=O) groups is 1. The van der Waals surface area contributed by atoms with Gasteiger partial charge in [-0.25, -0.2) is 0 Å². The lowest BCUT2D eigenvalue weighted by molar-refractivity contribution is -0.138. The normalized spacial score (nSPS) is 32.6. The van der Waals surface area contributed by atoms with Gasteiger partial charge in [0.1, 0.15) is 0 Å². The van der Waals surface area contributed by atoms with E-state index in [0.717, 1.165) is 6.54 Å². The molecule has 0 aromatic heterocycles. The second-order valence-electron chi connectivity index (χ2n) is 6.18. The number of rotatable bonds is 4. The van der Waals surface area contributed by atoms with E-state index in [1.807, 2.05) is 0 Å². The molecule has 0 saturated carbocycles. The van der Waals surface area contributed by atoms with Crippen LogP contribution in [0.5, 0.6) is 0 Å². The van der Waals surface area contributed by atoms with Crippen LogP contribution in [0.25, 0.3) is 0 Å². The zero-order valence-electron chi connectivity index (χ0n) is 11.6. The molecule has 3 atom stereocenters. The Balaban J connectivity index is 1.86. The van der Waals surface area contributed by atoms with Crippen LogP contribution in [-0.2, 0) is 4.79 Å². The number of likely N-dealkylation sites (N-methyl/N-ethyl adjacent to an activating group) is 1. The van der Waals surface area contributed by atoms with E-state index in [4.69, 9.17) is 5.11 Å². The van der Waals surface area contributed by atoms with E-state index in [-0.39, 0.29) is 0 Å². The lowest BCUT2D eigenvalue weighted by Crippen LogP contribution is -2.45. The zero-order valence-corrected chi connectivity index (χ0v) is 11.6. The van der Waals surface area contributed by atoms with Crippen LogP contribution >= 0.6 is 0 Å². The molecule has 2 aliphatic rings. The summed E-state index contributed by atoms with van der Waals surface area (Å²) in [5.41, 5.74) is 0. The molecule has 0 spiro atoms. The van der Waals surface area contributed by atoms with Gasteiger partial charge in [-0.15, -0.1) is 0 Å². The Bertz CT molecular complexity index is 296. The van der Waals surface area contributed by atoms with Crippen molar-refractivity contribution >= 4 is 5.97 Å². The van der Waals surface area contributed by atoms with E-state index in [9.17, 15) is 4.79 Å². The zero-order chi connectivity index (χ0) is 13.1.